The predicted octanol–water partition coefficient (Wildman–Crippen LogP) is 8.18. The van der Waals surface area contributed by atoms with E-state index < -0.39 is 5.91 Å². The van der Waals surface area contributed by atoms with Crippen molar-refractivity contribution in [3.05, 3.63) is 124 Å². The molecule has 2 N–H and O–H groups in total. The lowest BCUT2D eigenvalue weighted by molar-refractivity contribution is 0.100. The zero-order valence-corrected chi connectivity index (χ0v) is 25.7. The smallest absolute Gasteiger partial charge is 0.249 e. The van der Waals surface area contributed by atoms with Crippen molar-refractivity contribution < 1.29 is 13.9 Å². The Hall–Kier alpha value is -4.22. The van der Waals surface area contributed by atoms with Crippen LogP contribution in [0.25, 0.3) is 22.3 Å². The minimum atomic E-state index is -0.416. The maximum Gasteiger partial charge on any atom is 0.249 e. The van der Waals surface area contributed by atoms with E-state index in [1.54, 1.807) is 6.07 Å². The van der Waals surface area contributed by atoms with Crippen LogP contribution in [0.5, 0.6) is 5.75 Å². The van der Waals surface area contributed by atoms with Gasteiger partial charge in [-0.25, -0.2) is 0 Å². The molecule has 0 spiro atoms. The highest BCUT2D eigenvalue weighted by Gasteiger charge is 2.25. The first-order valence-electron chi connectivity index (χ1n) is 15.8. The molecular weight excluding hydrogens is 547 g/mol. The van der Waals surface area contributed by atoms with Crippen LogP contribution >= 0.6 is 0 Å². The second-order valence-corrected chi connectivity index (χ2v) is 12.2. The Morgan fingerprint density at radius 1 is 0.909 bits per heavy atom. The molecule has 1 atom stereocenters. The van der Waals surface area contributed by atoms with Gasteiger partial charge in [-0.15, -0.1) is 0 Å². The van der Waals surface area contributed by atoms with Crippen LogP contribution in [0.2, 0.25) is 0 Å². The van der Waals surface area contributed by atoms with Gasteiger partial charge in [-0.1, -0.05) is 72.3 Å². The number of primary amides is 1. The fraction of sp³-hybridized carbons (Fsp3) is 0.308. The lowest BCUT2D eigenvalue weighted by atomic mass is 9.85. The average Bonchev–Trinajstić information content (AvgIpc) is 3.39. The number of ether oxygens (including phenoxy) is 1. The van der Waals surface area contributed by atoms with Gasteiger partial charge in [0.1, 0.15) is 11.9 Å². The van der Waals surface area contributed by atoms with Crippen LogP contribution in [0.1, 0.15) is 69.4 Å². The summed E-state index contributed by atoms with van der Waals surface area (Å²) in [5, 5.41) is 0. The Labute approximate surface area is 260 Å². The predicted molar refractivity (Wildman–Crippen MR) is 178 cm³/mol. The standard InChI is InChI=1S/C39H41FN2O2/c1-26-11-17-33(27(2)23-26)36-10-5-7-29-24-30(34-8-3-4-9-37(34)39(41)43)14-18-35(29)38(36)28-12-15-31(16-13-28)44-32-19-22-42(25-32)21-6-20-40/h3-4,8-9,11-18,23-24,32H,5-7,10,19-22,25H2,1-2H3,(H2,41,43). The van der Waals surface area contributed by atoms with Crippen LogP contribution in [-0.2, 0) is 6.42 Å². The summed E-state index contributed by atoms with van der Waals surface area (Å²) in [5.41, 5.74) is 18.3. The fourth-order valence-electron chi connectivity index (χ4n) is 6.93. The van der Waals surface area contributed by atoms with E-state index in [-0.39, 0.29) is 12.8 Å². The number of carbonyl (C=O) groups excluding carboxylic acids is 1. The molecule has 4 aromatic rings. The molecule has 1 unspecified atom stereocenters. The Morgan fingerprint density at radius 3 is 2.45 bits per heavy atom. The van der Waals surface area contributed by atoms with Gasteiger partial charge in [0, 0.05) is 25.2 Å². The van der Waals surface area contributed by atoms with Crippen molar-refractivity contribution in [1.29, 1.82) is 0 Å². The van der Waals surface area contributed by atoms with E-state index in [0.29, 0.717) is 12.0 Å². The normalized spacial score (nSPS) is 16.9. The molecule has 226 valence electrons. The molecule has 1 saturated heterocycles. The van der Waals surface area contributed by atoms with Crippen molar-refractivity contribution in [2.75, 3.05) is 26.3 Å². The third-order valence-corrected chi connectivity index (χ3v) is 9.04. The van der Waals surface area contributed by atoms with Crippen LogP contribution in [0, 0.1) is 13.8 Å². The number of alkyl halides is 1. The number of rotatable bonds is 9. The van der Waals surface area contributed by atoms with Crippen LogP contribution in [0.4, 0.5) is 4.39 Å². The number of halogens is 1. The summed E-state index contributed by atoms with van der Waals surface area (Å²) < 4.78 is 19.0. The molecule has 2 aliphatic rings. The van der Waals surface area contributed by atoms with Gasteiger partial charge in [-0.3, -0.25) is 14.1 Å². The number of hydrogen-bond donors (Lipinski definition) is 1. The number of benzene rings is 4. The number of nitrogens with zero attached hydrogens (tertiary/aromatic N) is 1. The van der Waals surface area contributed by atoms with Crippen LogP contribution < -0.4 is 10.5 Å². The number of fused-ring (bicyclic) bond motifs is 1. The van der Waals surface area contributed by atoms with Crippen molar-refractivity contribution in [2.45, 2.75) is 52.1 Å². The Bertz CT molecular complexity index is 1690. The van der Waals surface area contributed by atoms with Crippen LogP contribution in [0.3, 0.4) is 0 Å². The number of amides is 1. The van der Waals surface area contributed by atoms with Gasteiger partial charge in [-0.05, 0) is 114 Å². The van der Waals surface area contributed by atoms with Gasteiger partial charge in [-0.2, -0.15) is 0 Å². The first-order chi connectivity index (χ1) is 21.4. The van der Waals surface area contributed by atoms with Gasteiger partial charge in [0.15, 0.2) is 0 Å². The number of aryl methyl sites for hydroxylation is 3. The molecule has 0 radical (unpaired) electrons. The summed E-state index contributed by atoms with van der Waals surface area (Å²) in [4.78, 5) is 14.5. The van der Waals surface area contributed by atoms with E-state index in [1.807, 2.05) is 18.2 Å². The van der Waals surface area contributed by atoms with Gasteiger partial charge in [0.25, 0.3) is 0 Å². The largest absolute Gasteiger partial charge is 0.489 e. The Balaban J connectivity index is 1.39. The van der Waals surface area contributed by atoms with E-state index in [0.717, 1.165) is 67.8 Å². The van der Waals surface area contributed by atoms with E-state index in [4.69, 9.17) is 10.5 Å². The Kier molecular flexibility index (Phi) is 8.94. The molecule has 1 amide bonds. The molecule has 1 aliphatic carbocycles. The minimum absolute atomic E-state index is 0.130. The molecule has 4 nitrogen and oxygen atoms in total. The summed E-state index contributed by atoms with van der Waals surface area (Å²) in [6.45, 7) is 6.67. The molecule has 0 saturated carbocycles. The van der Waals surface area contributed by atoms with Crippen molar-refractivity contribution in [1.82, 2.24) is 4.90 Å². The average molecular weight is 589 g/mol. The van der Waals surface area contributed by atoms with Crippen molar-refractivity contribution in [2.24, 2.45) is 5.73 Å². The molecule has 4 aromatic carbocycles. The zero-order valence-electron chi connectivity index (χ0n) is 25.7. The lowest BCUT2D eigenvalue weighted by Gasteiger charge is -2.20. The molecule has 44 heavy (non-hydrogen) atoms. The van der Waals surface area contributed by atoms with Crippen molar-refractivity contribution in [3.63, 3.8) is 0 Å². The maximum absolute atomic E-state index is 12.6. The minimum Gasteiger partial charge on any atom is -0.489 e. The molecule has 1 fully saturated rings. The third kappa shape index (κ3) is 6.34. The van der Waals surface area contributed by atoms with Crippen molar-refractivity contribution >= 4 is 17.1 Å². The summed E-state index contributed by atoms with van der Waals surface area (Å²) in [7, 11) is 0. The maximum atomic E-state index is 12.6. The van der Waals surface area contributed by atoms with Gasteiger partial charge < -0.3 is 10.5 Å². The molecule has 0 aromatic heterocycles. The molecular formula is C39H41FN2O2. The van der Waals surface area contributed by atoms with E-state index >= 15 is 0 Å². The number of likely N-dealkylation sites (tertiary alicyclic amines) is 1. The number of carbonyl (C=O) groups is 1. The number of allylic oxidation sites excluding steroid dienone is 1. The zero-order chi connectivity index (χ0) is 30.6. The second kappa shape index (κ2) is 13.2. The first-order valence-corrected chi connectivity index (χ1v) is 15.8. The highest BCUT2D eigenvalue weighted by molar-refractivity contribution is 6.02. The summed E-state index contributed by atoms with van der Waals surface area (Å²) in [5.74, 6) is 0.452. The molecule has 1 heterocycles. The second-order valence-electron chi connectivity index (χ2n) is 12.2. The van der Waals surface area contributed by atoms with Gasteiger partial charge >= 0.3 is 0 Å². The van der Waals surface area contributed by atoms with Gasteiger partial charge in [0.05, 0.1) is 6.67 Å². The number of hydrogen-bond acceptors (Lipinski definition) is 3. The molecule has 1 aliphatic heterocycles. The monoisotopic (exact) mass is 588 g/mol. The highest BCUT2D eigenvalue weighted by atomic mass is 19.1. The van der Waals surface area contributed by atoms with E-state index in [9.17, 15) is 9.18 Å². The molecule has 5 heteroatoms. The third-order valence-electron chi connectivity index (χ3n) is 9.04. The lowest BCUT2D eigenvalue weighted by Crippen LogP contribution is -2.26. The number of nitrogens with two attached hydrogens (primary N) is 1. The van der Waals surface area contributed by atoms with Crippen molar-refractivity contribution in [3.8, 4) is 16.9 Å². The highest BCUT2D eigenvalue weighted by Crippen LogP contribution is 2.42. The van der Waals surface area contributed by atoms with E-state index in [1.165, 1.54) is 39.0 Å². The molecule has 6 rings (SSSR count). The van der Waals surface area contributed by atoms with E-state index in [2.05, 4.69) is 79.4 Å². The topological polar surface area (TPSA) is 55.6 Å². The Morgan fingerprint density at radius 2 is 1.68 bits per heavy atom. The van der Waals surface area contributed by atoms with Crippen LogP contribution in [-0.4, -0.2) is 43.2 Å². The summed E-state index contributed by atoms with van der Waals surface area (Å²) >= 11 is 0. The fourth-order valence-corrected chi connectivity index (χ4v) is 6.93. The van der Waals surface area contributed by atoms with Gasteiger partial charge in [0.2, 0.25) is 5.91 Å². The van der Waals surface area contributed by atoms with Crippen LogP contribution in [0.15, 0.2) is 84.9 Å². The SMILES string of the molecule is Cc1ccc(C2=C(c3ccc(OC4CCN(CCCF)C4)cc3)c3ccc(-c4ccccc4C(N)=O)cc3CCC2)c(C)c1. The summed E-state index contributed by atoms with van der Waals surface area (Å²) in [6.07, 6.45) is 4.62. The first kappa shape index (κ1) is 29.8. The summed E-state index contributed by atoms with van der Waals surface area (Å²) in [6, 6.07) is 29.5. The quantitative estimate of drug-likeness (QED) is 0.215. The molecule has 0 bridgehead atoms.